The maximum atomic E-state index is 11.7. The average Bonchev–Trinajstić information content (AvgIpc) is 2.16. The molecule has 14 heavy (non-hydrogen) atoms. The Kier molecular flexibility index (Phi) is 3.40. The van der Waals surface area contributed by atoms with Crippen LogP contribution in [0.3, 0.4) is 0 Å². The van der Waals surface area contributed by atoms with Crippen molar-refractivity contribution in [3.05, 3.63) is 0 Å². The number of nitrogens with zero attached hydrogens (tertiary/aromatic N) is 1. The number of carbonyl (C=O) groups is 1. The van der Waals surface area contributed by atoms with Crippen LogP contribution in [0.1, 0.15) is 32.1 Å². The summed E-state index contributed by atoms with van der Waals surface area (Å²) in [5.74, 6) is 1.15. The van der Waals surface area contributed by atoms with Crippen LogP contribution in [0.2, 0.25) is 0 Å². The SMILES string of the molecule is O=C(CCC1CNC1)N1CCCCC1. The van der Waals surface area contributed by atoms with Crippen molar-refractivity contribution in [2.75, 3.05) is 26.2 Å². The van der Waals surface area contributed by atoms with Gasteiger partial charge in [-0.05, 0) is 44.7 Å². The lowest BCUT2D eigenvalue weighted by molar-refractivity contribution is -0.132. The number of nitrogens with one attached hydrogen (secondary N) is 1. The van der Waals surface area contributed by atoms with Crippen LogP contribution in [0.4, 0.5) is 0 Å². The van der Waals surface area contributed by atoms with E-state index in [9.17, 15) is 4.79 Å². The molecule has 2 rings (SSSR count). The topological polar surface area (TPSA) is 32.3 Å². The molecule has 0 radical (unpaired) electrons. The van der Waals surface area contributed by atoms with Gasteiger partial charge in [-0.1, -0.05) is 0 Å². The first-order valence-electron chi connectivity index (χ1n) is 5.85. The van der Waals surface area contributed by atoms with Crippen molar-refractivity contribution in [3.63, 3.8) is 0 Å². The minimum absolute atomic E-state index is 0.386. The van der Waals surface area contributed by atoms with Gasteiger partial charge in [0.15, 0.2) is 0 Å². The Bertz CT molecular complexity index is 195. The van der Waals surface area contributed by atoms with E-state index in [1.165, 1.54) is 19.3 Å². The van der Waals surface area contributed by atoms with Crippen molar-refractivity contribution < 1.29 is 4.79 Å². The maximum absolute atomic E-state index is 11.7. The zero-order chi connectivity index (χ0) is 9.80. The van der Waals surface area contributed by atoms with Crippen LogP contribution in [0.25, 0.3) is 0 Å². The smallest absolute Gasteiger partial charge is 0.222 e. The molecule has 3 nitrogen and oxygen atoms in total. The maximum Gasteiger partial charge on any atom is 0.222 e. The molecule has 0 unspecified atom stereocenters. The summed E-state index contributed by atoms with van der Waals surface area (Å²) in [7, 11) is 0. The van der Waals surface area contributed by atoms with Gasteiger partial charge in [0.2, 0.25) is 5.91 Å². The van der Waals surface area contributed by atoms with Gasteiger partial charge in [-0.3, -0.25) is 4.79 Å². The van der Waals surface area contributed by atoms with Gasteiger partial charge in [-0.25, -0.2) is 0 Å². The van der Waals surface area contributed by atoms with E-state index in [4.69, 9.17) is 0 Å². The number of amides is 1. The first-order chi connectivity index (χ1) is 6.86. The van der Waals surface area contributed by atoms with Gasteiger partial charge in [-0.15, -0.1) is 0 Å². The standard InChI is InChI=1S/C11H20N2O/c14-11(5-4-10-8-12-9-10)13-6-2-1-3-7-13/h10,12H,1-9H2. The minimum Gasteiger partial charge on any atom is -0.343 e. The van der Waals surface area contributed by atoms with Crippen LogP contribution in [0, 0.1) is 5.92 Å². The number of piperidine rings is 1. The van der Waals surface area contributed by atoms with Crippen molar-refractivity contribution in [2.24, 2.45) is 5.92 Å². The van der Waals surface area contributed by atoms with E-state index < -0.39 is 0 Å². The van der Waals surface area contributed by atoms with E-state index in [0.717, 1.165) is 44.9 Å². The lowest BCUT2D eigenvalue weighted by Crippen LogP contribution is -2.43. The van der Waals surface area contributed by atoms with Crippen LogP contribution in [-0.4, -0.2) is 37.0 Å². The second-order valence-corrected chi connectivity index (χ2v) is 4.50. The Hall–Kier alpha value is -0.570. The van der Waals surface area contributed by atoms with Crippen molar-refractivity contribution >= 4 is 5.91 Å². The number of likely N-dealkylation sites (tertiary alicyclic amines) is 1. The fraction of sp³-hybridized carbons (Fsp3) is 0.909. The zero-order valence-electron chi connectivity index (χ0n) is 8.80. The third-order valence-electron chi connectivity index (χ3n) is 3.34. The van der Waals surface area contributed by atoms with Crippen LogP contribution in [-0.2, 0) is 4.79 Å². The third kappa shape index (κ3) is 2.47. The number of rotatable bonds is 3. The van der Waals surface area contributed by atoms with Gasteiger partial charge in [0, 0.05) is 19.5 Å². The molecule has 0 aliphatic carbocycles. The largest absolute Gasteiger partial charge is 0.343 e. The van der Waals surface area contributed by atoms with Gasteiger partial charge in [0.25, 0.3) is 0 Å². The average molecular weight is 196 g/mol. The number of hydrogen-bond donors (Lipinski definition) is 1. The molecular formula is C11H20N2O. The molecule has 0 spiro atoms. The molecule has 2 saturated heterocycles. The summed E-state index contributed by atoms with van der Waals surface area (Å²) in [6, 6.07) is 0. The Morgan fingerprint density at radius 1 is 1.21 bits per heavy atom. The van der Waals surface area contributed by atoms with Crippen LogP contribution in [0.5, 0.6) is 0 Å². The lowest BCUT2D eigenvalue weighted by Gasteiger charge is -2.30. The van der Waals surface area contributed by atoms with Gasteiger partial charge in [0.05, 0.1) is 0 Å². The molecule has 0 saturated carbocycles. The summed E-state index contributed by atoms with van der Waals surface area (Å²) < 4.78 is 0. The van der Waals surface area contributed by atoms with Gasteiger partial charge in [0.1, 0.15) is 0 Å². The van der Waals surface area contributed by atoms with Crippen molar-refractivity contribution in [3.8, 4) is 0 Å². The summed E-state index contributed by atoms with van der Waals surface area (Å²) in [5.41, 5.74) is 0. The molecule has 1 N–H and O–H groups in total. The molecule has 0 aromatic rings. The molecule has 0 aromatic carbocycles. The summed E-state index contributed by atoms with van der Waals surface area (Å²) in [5, 5.41) is 3.24. The number of hydrogen-bond acceptors (Lipinski definition) is 2. The van der Waals surface area contributed by atoms with E-state index in [0.29, 0.717) is 5.91 Å². The first kappa shape index (κ1) is 9.97. The zero-order valence-corrected chi connectivity index (χ0v) is 8.80. The van der Waals surface area contributed by atoms with Crippen LogP contribution >= 0.6 is 0 Å². The summed E-state index contributed by atoms with van der Waals surface area (Å²) in [6.07, 6.45) is 5.57. The lowest BCUT2D eigenvalue weighted by atomic mass is 9.97. The molecule has 2 heterocycles. The van der Waals surface area contributed by atoms with E-state index in [1.807, 2.05) is 0 Å². The molecule has 3 heteroatoms. The van der Waals surface area contributed by atoms with Crippen LogP contribution in [0.15, 0.2) is 0 Å². The van der Waals surface area contributed by atoms with Crippen LogP contribution < -0.4 is 5.32 Å². The number of carbonyl (C=O) groups excluding carboxylic acids is 1. The monoisotopic (exact) mass is 196 g/mol. The molecule has 2 aliphatic heterocycles. The quantitative estimate of drug-likeness (QED) is 0.730. The summed E-state index contributed by atoms with van der Waals surface area (Å²) >= 11 is 0. The van der Waals surface area contributed by atoms with E-state index in [2.05, 4.69) is 10.2 Å². The van der Waals surface area contributed by atoms with Crippen molar-refractivity contribution in [1.82, 2.24) is 10.2 Å². The van der Waals surface area contributed by atoms with Crippen molar-refractivity contribution in [1.29, 1.82) is 0 Å². The summed E-state index contributed by atoms with van der Waals surface area (Å²) in [4.78, 5) is 13.8. The molecule has 2 aliphatic rings. The second kappa shape index (κ2) is 4.78. The Labute approximate surface area is 85.8 Å². The van der Waals surface area contributed by atoms with Gasteiger partial charge < -0.3 is 10.2 Å². The van der Waals surface area contributed by atoms with Gasteiger partial charge in [-0.2, -0.15) is 0 Å². The van der Waals surface area contributed by atoms with Crippen molar-refractivity contribution in [2.45, 2.75) is 32.1 Å². The molecular weight excluding hydrogens is 176 g/mol. The highest BCUT2D eigenvalue weighted by atomic mass is 16.2. The highest BCUT2D eigenvalue weighted by Gasteiger charge is 2.20. The molecule has 2 fully saturated rings. The molecule has 0 bridgehead atoms. The van der Waals surface area contributed by atoms with Gasteiger partial charge >= 0.3 is 0 Å². The fourth-order valence-electron chi connectivity index (χ4n) is 2.18. The second-order valence-electron chi connectivity index (χ2n) is 4.50. The Morgan fingerprint density at radius 3 is 2.50 bits per heavy atom. The van der Waals surface area contributed by atoms with E-state index in [-0.39, 0.29) is 0 Å². The highest BCUT2D eigenvalue weighted by Crippen LogP contribution is 2.15. The Balaban J connectivity index is 1.65. The van der Waals surface area contributed by atoms with E-state index in [1.54, 1.807) is 0 Å². The molecule has 80 valence electrons. The minimum atomic E-state index is 0.386. The third-order valence-corrected chi connectivity index (χ3v) is 3.34. The molecule has 0 aromatic heterocycles. The molecule has 1 amide bonds. The Morgan fingerprint density at radius 2 is 1.93 bits per heavy atom. The predicted octanol–water partition coefficient (Wildman–Crippen LogP) is 0.998. The fourth-order valence-corrected chi connectivity index (χ4v) is 2.18. The predicted molar refractivity (Wildman–Crippen MR) is 56.0 cm³/mol. The first-order valence-corrected chi connectivity index (χ1v) is 5.85. The van der Waals surface area contributed by atoms with E-state index >= 15 is 0 Å². The summed E-state index contributed by atoms with van der Waals surface area (Å²) in [6.45, 7) is 4.24. The normalized spacial score (nSPS) is 23.3. The highest BCUT2D eigenvalue weighted by molar-refractivity contribution is 5.76. The molecule has 0 atom stereocenters.